The molecule has 0 bridgehead atoms. The van der Waals surface area contributed by atoms with Crippen LogP contribution in [0.25, 0.3) is 12.2 Å². The maximum Gasteiger partial charge on any atom is 0.102 e. The molecule has 0 aliphatic rings. The highest BCUT2D eigenvalue weighted by molar-refractivity contribution is 5.51. The van der Waals surface area contributed by atoms with E-state index in [1.165, 1.54) is 0 Å². The molecule has 2 heteroatoms. The van der Waals surface area contributed by atoms with Crippen molar-refractivity contribution in [1.82, 2.24) is 0 Å². The molecule has 2 aromatic rings. The molecule has 0 aromatic heterocycles. The molecule has 0 amide bonds. The summed E-state index contributed by atoms with van der Waals surface area (Å²) in [4.78, 5) is 0. The van der Waals surface area contributed by atoms with Crippen molar-refractivity contribution in [2.45, 2.75) is 12.2 Å². The molecule has 0 heterocycles. The van der Waals surface area contributed by atoms with Gasteiger partial charge in [0.2, 0.25) is 0 Å². The second-order valence-corrected chi connectivity index (χ2v) is 4.52. The van der Waals surface area contributed by atoms with Crippen LogP contribution in [0.3, 0.4) is 0 Å². The van der Waals surface area contributed by atoms with Crippen molar-refractivity contribution in [3.63, 3.8) is 0 Å². The van der Waals surface area contributed by atoms with E-state index < -0.39 is 12.2 Å². The summed E-state index contributed by atoms with van der Waals surface area (Å²) in [7, 11) is 0. The highest BCUT2D eigenvalue weighted by Crippen LogP contribution is 2.07. The number of rotatable bonds is 5. The highest BCUT2D eigenvalue weighted by Gasteiger charge is 2.08. The predicted octanol–water partition coefficient (Wildman–Crippen LogP) is 3.14. The van der Waals surface area contributed by atoms with Gasteiger partial charge in [-0.1, -0.05) is 85.0 Å². The van der Waals surface area contributed by atoms with Crippen LogP contribution in [-0.4, -0.2) is 22.4 Å². The van der Waals surface area contributed by atoms with Crippen molar-refractivity contribution in [2.24, 2.45) is 0 Å². The van der Waals surface area contributed by atoms with E-state index in [1.54, 1.807) is 24.3 Å². The Morgan fingerprint density at radius 2 is 0.950 bits per heavy atom. The van der Waals surface area contributed by atoms with Gasteiger partial charge in [0.15, 0.2) is 0 Å². The number of aliphatic hydroxyl groups is 2. The normalized spacial score (nSPS) is 14.7. The van der Waals surface area contributed by atoms with Crippen LogP contribution in [0.5, 0.6) is 0 Å². The molecule has 20 heavy (non-hydrogen) atoms. The number of benzene rings is 2. The third-order valence-corrected chi connectivity index (χ3v) is 2.92. The summed E-state index contributed by atoms with van der Waals surface area (Å²) >= 11 is 0. The Hall–Kier alpha value is -2.16. The van der Waals surface area contributed by atoms with Gasteiger partial charge in [0.25, 0.3) is 0 Å². The predicted molar refractivity (Wildman–Crippen MR) is 83.0 cm³/mol. The number of aliphatic hydroxyl groups excluding tert-OH is 2. The maximum absolute atomic E-state index is 9.87. The minimum atomic E-state index is -0.921. The molecule has 0 radical (unpaired) electrons. The molecule has 0 aliphatic heterocycles. The van der Waals surface area contributed by atoms with E-state index in [0.29, 0.717) is 0 Å². The summed E-state index contributed by atoms with van der Waals surface area (Å²) in [5, 5.41) is 19.7. The molecule has 0 fully saturated rings. The lowest BCUT2D eigenvalue weighted by Crippen LogP contribution is -2.20. The summed E-state index contributed by atoms with van der Waals surface area (Å²) < 4.78 is 0. The molecule has 0 spiro atoms. The van der Waals surface area contributed by atoms with Crippen molar-refractivity contribution in [1.29, 1.82) is 0 Å². The van der Waals surface area contributed by atoms with Gasteiger partial charge in [-0.25, -0.2) is 0 Å². The zero-order valence-corrected chi connectivity index (χ0v) is 11.1. The van der Waals surface area contributed by atoms with E-state index in [-0.39, 0.29) is 0 Å². The molecule has 2 aromatic carbocycles. The van der Waals surface area contributed by atoms with Crippen molar-refractivity contribution < 1.29 is 10.2 Å². The van der Waals surface area contributed by atoms with Gasteiger partial charge in [0.05, 0.1) is 0 Å². The van der Waals surface area contributed by atoms with Gasteiger partial charge in [0.1, 0.15) is 12.2 Å². The lowest BCUT2D eigenvalue weighted by molar-refractivity contribution is 0.0818. The Balaban J connectivity index is 1.94. The van der Waals surface area contributed by atoms with Crippen molar-refractivity contribution in [2.75, 3.05) is 0 Å². The van der Waals surface area contributed by atoms with Crippen LogP contribution in [0.2, 0.25) is 0 Å². The summed E-state index contributed by atoms with van der Waals surface area (Å²) in [5.41, 5.74) is 1.98. The average Bonchev–Trinajstić information content (AvgIpc) is 2.52. The zero-order chi connectivity index (χ0) is 14.2. The van der Waals surface area contributed by atoms with Gasteiger partial charge in [-0.15, -0.1) is 0 Å². The molecule has 102 valence electrons. The second kappa shape index (κ2) is 7.43. The van der Waals surface area contributed by atoms with Crippen molar-refractivity contribution in [3.8, 4) is 0 Å². The van der Waals surface area contributed by atoms with Crippen LogP contribution in [0.15, 0.2) is 72.8 Å². The van der Waals surface area contributed by atoms with Crippen LogP contribution >= 0.6 is 0 Å². The summed E-state index contributed by atoms with van der Waals surface area (Å²) in [6.45, 7) is 0. The molecule has 2 atom stereocenters. The lowest BCUT2D eigenvalue weighted by Gasteiger charge is -2.09. The Bertz CT molecular complexity index is 505. The minimum Gasteiger partial charge on any atom is -0.386 e. The highest BCUT2D eigenvalue weighted by atomic mass is 16.3. The molecule has 0 aliphatic carbocycles. The standard InChI is InChI=1S/C18H18O2/c19-17(13-11-15-7-3-1-4-8-15)18(20)14-12-16-9-5-2-6-10-16/h1-14,17-20H/b13-11-,14-12+/t17-,18+/m1/s1. The largest absolute Gasteiger partial charge is 0.386 e. The Labute approximate surface area is 119 Å². The van der Waals surface area contributed by atoms with Crippen molar-refractivity contribution >= 4 is 12.2 Å². The molecular formula is C18H18O2. The monoisotopic (exact) mass is 266 g/mol. The van der Waals surface area contributed by atoms with E-state index in [0.717, 1.165) is 11.1 Å². The molecule has 0 saturated carbocycles. The van der Waals surface area contributed by atoms with Crippen LogP contribution < -0.4 is 0 Å². The van der Waals surface area contributed by atoms with Crippen LogP contribution in [0.4, 0.5) is 0 Å². The minimum absolute atomic E-state index is 0.921. The fourth-order valence-corrected chi connectivity index (χ4v) is 1.78. The second-order valence-electron chi connectivity index (χ2n) is 4.52. The zero-order valence-electron chi connectivity index (χ0n) is 11.1. The third kappa shape index (κ3) is 4.50. The van der Waals surface area contributed by atoms with E-state index in [4.69, 9.17) is 0 Å². The quantitative estimate of drug-likeness (QED) is 0.873. The summed E-state index contributed by atoms with van der Waals surface area (Å²) in [6, 6.07) is 19.3. The Morgan fingerprint density at radius 3 is 1.30 bits per heavy atom. The fourth-order valence-electron chi connectivity index (χ4n) is 1.78. The van der Waals surface area contributed by atoms with Crippen LogP contribution in [-0.2, 0) is 0 Å². The van der Waals surface area contributed by atoms with Gasteiger partial charge in [-0.05, 0) is 11.1 Å². The Kier molecular flexibility index (Phi) is 5.30. The first-order valence-electron chi connectivity index (χ1n) is 6.58. The van der Waals surface area contributed by atoms with Gasteiger partial charge >= 0.3 is 0 Å². The number of hydrogen-bond donors (Lipinski definition) is 2. The van der Waals surface area contributed by atoms with Gasteiger partial charge in [-0.2, -0.15) is 0 Å². The van der Waals surface area contributed by atoms with E-state index in [1.807, 2.05) is 60.7 Å². The maximum atomic E-state index is 9.87. The van der Waals surface area contributed by atoms with Crippen LogP contribution in [0, 0.1) is 0 Å². The lowest BCUT2D eigenvalue weighted by atomic mass is 10.1. The molecule has 2 rings (SSSR count). The fraction of sp³-hybridized carbons (Fsp3) is 0.111. The molecular weight excluding hydrogens is 248 g/mol. The molecule has 0 saturated heterocycles. The first-order chi connectivity index (χ1) is 9.75. The molecule has 0 unspecified atom stereocenters. The van der Waals surface area contributed by atoms with Gasteiger partial charge in [-0.3, -0.25) is 0 Å². The topological polar surface area (TPSA) is 40.5 Å². The van der Waals surface area contributed by atoms with E-state index >= 15 is 0 Å². The van der Waals surface area contributed by atoms with Gasteiger partial charge in [0, 0.05) is 0 Å². The Morgan fingerprint density at radius 1 is 0.600 bits per heavy atom. The average molecular weight is 266 g/mol. The SMILES string of the molecule is O[C@H](/C=C\c1ccccc1)[C@@H](O)/C=C/c1ccccc1. The third-order valence-electron chi connectivity index (χ3n) is 2.92. The smallest absolute Gasteiger partial charge is 0.102 e. The van der Waals surface area contributed by atoms with Crippen LogP contribution in [0.1, 0.15) is 11.1 Å². The number of hydrogen-bond acceptors (Lipinski definition) is 2. The molecule has 2 N–H and O–H groups in total. The summed E-state index contributed by atoms with van der Waals surface area (Å²) in [5.74, 6) is 0. The first kappa shape index (κ1) is 14.3. The van der Waals surface area contributed by atoms with E-state index in [2.05, 4.69) is 0 Å². The van der Waals surface area contributed by atoms with E-state index in [9.17, 15) is 10.2 Å². The summed E-state index contributed by atoms with van der Waals surface area (Å²) in [6.07, 6.45) is 4.93. The molecule has 2 nitrogen and oxygen atoms in total. The van der Waals surface area contributed by atoms with Crippen molar-refractivity contribution in [3.05, 3.63) is 83.9 Å². The van der Waals surface area contributed by atoms with Gasteiger partial charge < -0.3 is 10.2 Å². The first-order valence-corrected chi connectivity index (χ1v) is 6.58.